The first-order valence-electron chi connectivity index (χ1n) is 7.79. The van der Waals surface area contributed by atoms with Crippen molar-refractivity contribution in [2.75, 3.05) is 0 Å². The Labute approximate surface area is 139 Å². The van der Waals surface area contributed by atoms with Gasteiger partial charge in [0.05, 0.1) is 0 Å². The summed E-state index contributed by atoms with van der Waals surface area (Å²) in [6.07, 6.45) is 4.71. The quantitative estimate of drug-likeness (QED) is 0.779. The number of aryl methyl sites for hydroxylation is 2. The third-order valence-corrected chi connectivity index (χ3v) is 3.65. The van der Waals surface area contributed by atoms with Crippen LogP contribution in [-0.2, 0) is 6.42 Å². The third kappa shape index (κ3) is 3.32. The summed E-state index contributed by atoms with van der Waals surface area (Å²) in [7, 11) is 0. The van der Waals surface area contributed by atoms with E-state index in [1.165, 1.54) is 18.1 Å². The smallest absolute Gasteiger partial charge is 0.356 e. The van der Waals surface area contributed by atoms with E-state index in [1.54, 1.807) is 4.57 Å². The third-order valence-electron chi connectivity index (χ3n) is 3.65. The molecule has 6 heteroatoms. The SMILES string of the molecule is CCCc1cc(-n2cnc(C(=O)O)c2)nc(-c2ccc(C)cc2)n1. The molecule has 0 fully saturated rings. The van der Waals surface area contributed by atoms with E-state index in [0.29, 0.717) is 11.6 Å². The van der Waals surface area contributed by atoms with Gasteiger partial charge in [-0.1, -0.05) is 43.2 Å². The topological polar surface area (TPSA) is 80.9 Å². The van der Waals surface area contributed by atoms with E-state index < -0.39 is 5.97 Å². The van der Waals surface area contributed by atoms with Crippen LogP contribution in [0.5, 0.6) is 0 Å². The fourth-order valence-corrected chi connectivity index (χ4v) is 2.39. The lowest BCUT2D eigenvalue weighted by molar-refractivity contribution is 0.0691. The standard InChI is InChI=1S/C18H18N4O2/c1-3-4-14-9-16(22-10-15(18(23)24)19-11-22)21-17(20-14)13-7-5-12(2)6-8-13/h5-11H,3-4H2,1-2H3,(H,23,24). The monoisotopic (exact) mass is 322 g/mol. The summed E-state index contributed by atoms with van der Waals surface area (Å²) in [5, 5.41) is 9.03. The molecule has 0 saturated heterocycles. The molecule has 0 saturated carbocycles. The lowest BCUT2D eigenvalue weighted by atomic mass is 10.1. The Morgan fingerprint density at radius 1 is 1.21 bits per heavy atom. The summed E-state index contributed by atoms with van der Waals surface area (Å²) >= 11 is 0. The van der Waals surface area contributed by atoms with Crippen LogP contribution in [0.2, 0.25) is 0 Å². The molecule has 0 amide bonds. The van der Waals surface area contributed by atoms with Gasteiger partial charge in [0.25, 0.3) is 0 Å². The van der Waals surface area contributed by atoms with Gasteiger partial charge in [0.2, 0.25) is 0 Å². The number of rotatable bonds is 5. The van der Waals surface area contributed by atoms with Crippen LogP contribution in [0, 0.1) is 6.92 Å². The molecule has 0 aliphatic rings. The molecule has 24 heavy (non-hydrogen) atoms. The van der Waals surface area contributed by atoms with Crippen molar-refractivity contribution in [3.8, 4) is 17.2 Å². The molecule has 1 N–H and O–H groups in total. The highest BCUT2D eigenvalue weighted by Crippen LogP contribution is 2.19. The van der Waals surface area contributed by atoms with Crippen molar-refractivity contribution in [3.05, 3.63) is 59.8 Å². The van der Waals surface area contributed by atoms with Crippen LogP contribution in [0.25, 0.3) is 17.2 Å². The van der Waals surface area contributed by atoms with Crippen LogP contribution < -0.4 is 0 Å². The average molecular weight is 322 g/mol. The number of imidazole rings is 1. The van der Waals surface area contributed by atoms with Gasteiger partial charge in [0.15, 0.2) is 11.5 Å². The number of benzene rings is 1. The second kappa shape index (κ2) is 6.62. The number of nitrogens with zero attached hydrogens (tertiary/aromatic N) is 4. The predicted octanol–water partition coefficient (Wildman–Crippen LogP) is 3.29. The molecule has 2 aromatic heterocycles. The van der Waals surface area contributed by atoms with E-state index in [2.05, 4.69) is 21.9 Å². The van der Waals surface area contributed by atoms with Crippen LogP contribution in [-0.4, -0.2) is 30.6 Å². The summed E-state index contributed by atoms with van der Waals surface area (Å²) in [6, 6.07) is 9.88. The van der Waals surface area contributed by atoms with E-state index in [0.717, 1.165) is 24.1 Å². The highest BCUT2D eigenvalue weighted by Gasteiger charge is 2.11. The highest BCUT2D eigenvalue weighted by molar-refractivity contribution is 5.85. The van der Waals surface area contributed by atoms with Crippen LogP contribution in [0.15, 0.2) is 42.9 Å². The zero-order chi connectivity index (χ0) is 17.1. The van der Waals surface area contributed by atoms with Gasteiger partial charge < -0.3 is 5.11 Å². The van der Waals surface area contributed by atoms with Crippen LogP contribution >= 0.6 is 0 Å². The fraction of sp³-hybridized carbons (Fsp3) is 0.222. The fourth-order valence-electron chi connectivity index (χ4n) is 2.39. The Kier molecular flexibility index (Phi) is 4.37. The molecule has 122 valence electrons. The number of carbonyl (C=O) groups is 1. The van der Waals surface area contributed by atoms with Gasteiger partial charge in [-0.3, -0.25) is 4.57 Å². The van der Waals surface area contributed by atoms with Crippen molar-refractivity contribution < 1.29 is 9.90 Å². The molecule has 0 atom stereocenters. The Bertz CT molecular complexity index is 869. The van der Waals surface area contributed by atoms with Crippen molar-refractivity contribution in [2.45, 2.75) is 26.7 Å². The zero-order valence-electron chi connectivity index (χ0n) is 13.6. The van der Waals surface area contributed by atoms with Gasteiger partial charge in [-0.05, 0) is 13.3 Å². The van der Waals surface area contributed by atoms with Crippen LogP contribution in [0.3, 0.4) is 0 Å². The molecule has 0 aliphatic heterocycles. The van der Waals surface area contributed by atoms with Crippen molar-refractivity contribution in [3.63, 3.8) is 0 Å². The first-order valence-corrected chi connectivity index (χ1v) is 7.79. The molecular formula is C18H18N4O2. The van der Waals surface area contributed by atoms with E-state index in [-0.39, 0.29) is 5.69 Å². The number of hydrogen-bond acceptors (Lipinski definition) is 4. The second-order valence-corrected chi connectivity index (χ2v) is 5.63. The molecule has 0 radical (unpaired) electrons. The van der Waals surface area contributed by atoms with Crippen molar-refractivity contribution in [1.29, 1.82) is 0 Å². The summed E-state index contributed by atoms with van der Waals surface area (Å²) < 4.78 is 1.61. The minimum atomic E-state index is -1.06. The van der Waals surface area contributed by atoms with E-state index in [4.69, 9.17) is 5.11 Å². The lowest BCUT2D eigenvalue weighted by Gasteiger charge is -2.08. The number of hydrogen-bond donors (Lipinski definition) is 1. The van der Waals surface area contributed by atoms with Gasteiger partial charge in [-0.2, -0.15) is 0 Å². The first kappa shape index (κ1) is 15.9. The van der Waals surface area contributed by atoms with E-state index >= 15 is 0 Å². The van der Waals surface area contributed by atoms with Crippen molar-refractivity contribution >= 4 is 5.97 Å². The highest BCUT2D eigenvalue weighted by atomic mass is 16.4. The van der Waals surface area contributed by atoms with Gasteiger partial charge in [0.1, 0.15) is 12.1 Å². The Hall–Kier alpha value is -3.02. The number of aromatic nitrogens is 4. The molecule has 3 rings (SSSR count). The summed E-state index contributed by atoms with van der Waals surface area (Å²) in [5.41, 5.74) is 3.01. The number of aromatic carboxylic acids is 1. The molecule has 0 unspecified atom stereocenters. The lowest BCUT2D eigenvalue weighted by Crippen LogP contribution is -2.03. The maximum absolute atomic E-state index is 11.0. The molecule has 0 bridgehead atoms. The first-order chi connectivity index (χ1) is 11.6. The minimum absolute atomic E-state index is 0.0115. The largest absolute Gasteiger partial charge is 0.476 e. The molecule has 2 heterocycles. The average Bonchev–Trinajstić information content (AvgIpc) is 3.06. The summed E-state index contributed by atoms with van der Waals surface area (Å²) in [6.45, 7) is 4.12. The summed E-state index contributed by atoms with van der Waals surface area (Å²) in [4.78, 5) is 24.1. The Morgan fingerprint density at radius 3 is 2.58 bits per heavy atom. The molecule has 0 aliphatic carbocycles. The number of carboxylic acids is 1. The van der Waals surface area contributed by atoms with Crippen LogP contribution in [0.1, 0.15) is 35.1 Å². The maximum atomic E-state index is 11.0. The van der Waals surface area contributed by atoms with Gasteiger partial charge >= 0.3 is 5.97 Å². The minimum Gasteiger partial charge on any atom is -0.476 e. The normalized spacial score (nSPS) is 10.8. The van der Waals surface area contributed by atoms with Crippen molar-refractivity contribution in [1.82, 2.24) is 19.5 Å². The molecular weight excluding hydrogens is 304 g/mol. The number of carboxylic acid groups (broad SMARTS) is 1. The van der Waals surface area contributed by atoms with Gasteiger partial charge in [-0.15, -0.1) is 0 Å². The van der Waals surface area contributed by atoms with E-state index in [1.807, 2.05) is 37.3 Å². The predicted molar refractivity (Wildman–Crippen MR) is 90.3 cm³/mol. The maximum Gasteiger partial charge on any atom is 0.356 e. The summed E-state index contributed by atoms with van der Waals surface area (Å²) in [5.74, 6) is 0.181. The zero-order valence-corrected chi connectivity index (χ0v) is 13.6. The van der Waals surface area contributed by atoms with Crippen molar-refractivity contribution in [2.24, 2.45) is 0 Å². The van der Waals surface area contributed by atoms with E-state index in [9.17, 15) is 4.79 Å². The molecule has 6 nitrogen and oxygen atoms in total. The Morgan fingerprint density at radius 2 is 1.96 bits per heavy atom. The van der Waals surface area contributed by atoms with Crippen LogP contribution in [0.4, 0.5) is 0 Å². The van der Waals surface area contributed by atoms with Gasteiger partial charge in [0, 0.05) is 23.5 Å². The second-order valence-electron chi connectivity index (χ2n) is 5.63. The van der Waals surface area contributed by atoms with Gasteiger partial charge in [-0.25, -0.2) is 19.7 Å². The molecule has 0 spiro atoms. The molecule has 3 aromatic rings. The molecule has 1 aromatic carbocycles. The Balaban J connectivity index is 2.08.